The maximum Gasteiger partial charge on any atom is 0.316 e. The second-order valence-corrected chi connectivity index (χ2v) is 6.57. The number of nitrogens with zero attached hydrogens (tertiary/aromatic N) is 1. The Hall–Kier alpha value is -2.81. The fourth-order valence-corrected chi connectivity index (χ4v) is 2.77. The van der Waals surface area contributed by atoms with E-state index < -0.39 is 11.9 Å². The molecule has 1 aromatic heterocycles. The minimum Gasteiger partial charge on any atom is -0.455 e. The smallest absolute Gasteiger partial charge is 0.316 e. The third-order valence-electron chi connectivity index (χ3n) is 3.39. The van der Waals surface area contributed by atoms with Gasteiger partial charge in [0.1, 0.15) is 5.76 Å². The number of rotatable bonds is 9. The zero-order valence-corrected chi connectivity index (χ0v) is 15.9. The van der Waals surface area contributed by atoms with E-state index in [1.54, 1.807) is 19.1 Å². The number of aromatic nitrogens is 1. The molecule has 1 aromatic carbocycles. The van der Waals surface area contributed by atoms with Gasteiger partial charge in [-0.15, -0.1) is 11.8 Å². The molecular weight excluding hydrogens is 370 g/mol. The highest BCUT2D eigenvalue weighted by Gasteiger charge is 2.11. The number of hydrogen-bond donors (Lipinski definition) is 2. The Morgan fingerprint density at radius 2 is 1.93 bits per heavy atom. The molecule has 2 rings (SSSR count). The molecule has 8 nitrogen and oxygen atoms in total. The highest BCUT2D eigenvalue weighted by Crippen LogP contribution is 2.15. The number of hydrogen-bond acceptors (Lipinski definition) is 7. The van der Waals surface area contributed by atoms with Gasteiger partial charge in [0.05, 0.1) is 11.5 Å². The van der Waals surface area contributed by atoms with E-state index >= 15 is 0 Å². The summed E-state index contributed by atoms with van der Waals surface area (Å²) in [6.45, 7) is 3.33. The molecule has 0 aliphatic rings. The first-order valence-electron chi connectivity index (χ1n) is 8.32. The van der Waals surface area contributed by atoms with Crippen molar-refractivity contribution in [3.8, 4) is 0 Å². The number of carbonyl (C=O) groups is 3. The lowest BCUT2D eigenvalue weighted by Crippen LogP contribution is -2.22. The lowest BCUT2D eigenvalue weighted by molar-refractivity contribution is -0.144. The van der Waals surface area contributed by atoms with Crippen molar-refractivity contribution >= 4 is 41.1 Å². The number of esters is 1. The molecule has 0 saturated carbocycles. The van der Waals surface area contributed by atoms with Crippen molar-refractivity contribution < 1.29 is 23.6 Å². The molecule has 27 heavy (non-hydrogen) atoms. The van der Waals surface area contributed by atoms with E-state index in [2.05, 4.69) is 15.8 Å². The van der Waals surface area contributed by atoms with E-state index in [9.17, 15) is 14.4 Å². The molecule has 0 unspecified atom stereocenters. The van der Waals surface area contributed by atoms with Gasteiger partial charge in [0.2, 0.25) is 5.91 Å². The standard InChI is InChI=1S/C18H21N3O5S/c1-3-13-6-4-5-7-14(13)19-16(22)9-25-18(24)11-27-10-17(23)20-15-8-12(2)26-21-15/h4-8H,3,9-11H2,1-2H3,(H,19,22)(H,20,21,23). The predicted molar refractivity (Wildman–Crippen MR) is 103 cm³/mol. The summed E-state index contributed by atoms with van der Waals surface area (Å²) >= 11 is 1.08. The van der Waals surface area contributed by atoms with Crippen molar-refractivity contribution in [2.75, 3.05) is 28.7 Å². The van der Waals surface area contributed by atoms with Gasteiger partial charge in [-0.05, 0) is 25.0 Å². The number of anilines is 2. The molecule has 0 atom stereocenters. The predicted octanol–water partition coefficient (Wildman–Crippen LogP) is 2.40. The fraction of sp³-hybridized carbons (Fsp3) is 0.333. The van der Waals surface area contributed by atoms with Crippen LogP contribution in [0.4, 0.5) is 11.5 Å². The average molecular weight is 391 g/mol. The summed E-state index contributed by atoms with van der Waals surface area (Å²) in [5, 5.41) is 8.90. The van der Waals surface area contributed by atoms with Gasteiger partial charge < -0.3 is 19.9 Å². The molecule has 0 bridgehead atoms. The molecule has 2 aromatic rings. The van der Waals surface area contributed by atoms with Crippen LogP contribution in [-0.4, -0.2) is 41.1 Å². The van der Waals surface area contributed by atoms with E-state index in [1.807, 2.05) is 25.1 Å². The summed E-state index contributed by atoms with van der Waals surface area (Å²) < 4.78 is 9.76. The molecule has 0 spiro atoms. The molecule has 0 aliphatic heterocycles. The number of thioether (sulfide) groups is 1. The van der Waals surface area contributed by atoms with E-state index in [1.165, 1.54) is 0 Å². The van der Waals surface area contributed by atoms with E-state index in [0.29, 0.717) is 17.3 Å². The Balaban J connectivity index is 1.64. The lowest BCUT2D eigenvalue weighted by atomic mass is 10.1. The molecule has 0 fully saturated rings. The summed E-state index contributed by atoms with van der Waals surface area (Å²) in [5.74, 6) is -0.361. The van der Waals surface area contributed by atoms with Gasteiger partial charge in [0.25, 0.3) is 5.91 Å². The SMILES string of the molecule is CCc1ccccc1NC(=O)COC(=O)CSCC(=O)Nc1cc(C)on1. The molecule has 9 heteroatoms. The molecule has 0 saturated heterocycles. The van der Waals surface area contributed by atoms with Crippen molar-refractivity contribution in [3.05, 3.63) is 41.7 Å². The fourth-order valence-electron chi connectivity index (χ4n) is 2.16. The van der Waals surface area contributed by atoms with Crippen molar-refractivity contribution in [2.45, 2.75) is 20.3 Å². The Morgan fingerprint density at radius 3 is 2.63 bits per heavy atom. The average Bonchev–Trinajstić information content (AvgIpc) is 3.05. The third-order valence-corrected chi connectivity index (χ3v) is 4.29. The molecule has 2 N–H and O–H groups in total. The number of benzene rings is 1. The van der Waals surface area contributed by atoms with Crippen LogP contribution < -0.4 is 10.6 Å². The van der Waals surface area contributed by atoms with Crippen molar-refractivity contribution in [2.24, 2.45) is 0 Å². The summed E-state index contributed by atoms with van der Waals surface area (Å²) in [4.78, 5) is 35.3. The summed E-state index contributed by atoms with van der Waals surface area (Å²) in [6, 6.07) is 9.02. The molecular formula is C18H21N3O5S. The lowest BCUT2D eigenvalue weighted by Gasteiger charge is -2.10. The highest BCUT2D eigenvalue weighted by atomic mass is 32.2. The largest absolute Gasteiger partial charge is 0.455 e. The number of ether oxygens (including phenoxy) is 1. The number of nitrogens with one attached hydrogen (secondary N) is 2. The zero-order valence-electron chi connectivity index (χ0n) is 15.1. The van der Waals surface area contributed by atoms with Crippen LogP contribution in [0.5, 0.6) is 0 Å². The van der Waals surface area contributed by atoms with Crippen LogP contribution in [0.1, 0.15) is 18.2 Å². The van der Waals surface area contributed by atoms with Crippen LogP contribution in [0.2, 0.25) is 0 Å². The number of carbonyl (C=O) groups excluding carboxylic acids is 3. The third kappa shape index (κ3) is 7.14. The second kappa shape index (κ2) is 10.4. The Kier molecular flexibility index (Phi) is 7.87. The Bertz CT molecular complexity index is 806. The second-order valence-electron chi connectivity index (χ2n) is 5.58. The molecule has 0 radical (unpaired) electrons. The van der Waals surface area contributed by atoms with Crippen LogP contribution in [0, 0.1) is 6.92 Å². The maximum absolute atomic E-state index is 11.9. The molecule has 1 heterocycles. The van der Waals surface area contributed by atoms with Gasteiger partial charge in [0, 0.05) is 11.8 Å². The normalized spacial score (nSPS) is 10.3. The van der Waals surface area contributed by atoms with Gasteiger partial charge in [-0.1, -0.05) is 30.3 Å². The first-order chi connectivity index (χ1) is 13.0. The van der Waals surface area contributed by atoms with Crippen LogP contribution >= 0.6 is 11.8 Å². The number of para-hydroxylation sites is 1. The summed E-state index contributed by atoms with van der Waals surface area (Å²) in [7, 11) is 0. The van der Waals surface area contributed by atoms with E-state index in [0.717, 1.165) is 23.7 Å². The van der Waals surface area contributed by atoms with Crippen LogP contribution in [0.15, 0.2) is 34.9 Å². The monoisotopic (exact) mass is 391 g/mol. The van der Waals surface area contributed by atoms with Gasteiger partial charge in [-0.25, -0.2) is 0 Å². The van der Waals surface area contributed by atoms with Crippen LogP contribution in [0.25, 0.3) is 0 Å². The molecule has 0 aliphatic carbocycles. The van der Waals surface area contributed by atoms with Gasteiger partial charge in [-0.2, -0.15) is 0 Å². The van der Waals surface area contributed by atoms with Crippen molar-refractivity contribution in [1.29, 1.82) is 0 Å². The van der Waals surface area contributed by atoms with Crippen LogP contribution in [0.3, 0.4) is 0 Å². The Morgan fingerprint density at radius 1 is 1.15 bits per heavy atom. The molecule has 144 valence electrons. The number of amides is 2. The first-order valence-corrected chi connectivity index (χ1v) is 9.47. The highest BCUT2D eigenvalue weighted by molar-refractivity contribution is 8.00. The van der Waals surface area contributed by atoms with E-state index in [-0.39, 0.29) is 24.0 Å². The van der Waals surface area contributed by atoms with Gasteiger partial charge in [0.15, 0.2) is 12.4 Å². The van der Waals surface area contributed by atoms with Gasteiger partial charge >= 0.3 is 5.97 Å². The summed E-state index contributed by atoms with van der Waals surface area (Å²) in [5.41, 5.74) is 1.70. The maximum atomic E-state index is 11.9. The number of aryl methyl sites for hydroxylation is 2. The quantitative estimate of drug-likeness (QED) is 0.632. The van der Waals surface area contributed by atoms with Crippen molar-refractivity contribution in [3.63, 3.8) is 0 Å². The minimum absolute atomic E-state index is 0.0376. The van der Waals surface area contributed by atoms with Gasteiger partial charge in [-0.3, -0.25) is 14.4 Å². The minimum atomic E-state index is -0.566. The van der Waals surface area contributed by atoms with Crippen molar-refractivity contribution in [1.82, 2.24) is 5.16 Å². The van der Waals surface area contributed by atoms with E-state index in [4.69, 9.17) is 9.26 Å². The first kappa shape index (κ1) is 20.5. The molecule has 2 amide bonds. The van der Waals surface area contributed by atoms with Crippen LogP contribution in [-0.2, 0) is 25.5 Å². The zero-order chi connectivity index (χ0) is 19.6. The topological polar surface area (TPSA) is 111 Å². The Labute approximate surface area is 161 Å². The summed E-state index contributed by atoms with van der Waals surface area (Å²) in [6.07, 6.45) is 0.781.